The molecule has 1 aliphatic rings. The van der Waals surface area contributed by atoms with E-state index in [2.05, 4.69) is 32.1 Å². The maximum Gasteiger partial charge on any atom is 0.303 e. The zero-order chi connectivity index (χ0) is 33.6. The van der Waals surface area contributed by atoms with Crippen molar-refractivity contribution >= 4 is 29.6 Å². The zero-order valence-electron chi connectivity index (χ0n) is 27.4. The highest BCUT2D eigenvalue weighted by Gasteiger charge is 2.24. The van der Waals surface area contributed by atoms with Crippen LogP contribution in [-0.4, -0.2) is 69.3 Å². The number of unbranched alkanes of at least 4 members (excludes halogenated alkanes) is 2. The number of β-amino-alcohol motifs (C(OH)–C–C–N with tert-alkyl or cyclic N) is 1. The van der Waals surface area contributed by atoms with Gasteiger partial charge in [-0.15, -0.1) is 11.3 Å². The molecule has 4 rings (SSSR count). The molecule has 0 saturated carbocycles. The predicted octanol–water partition coefficient (Wildman–Crippen LogP) is 6.28. The molecule has 250 valence electrons. The largest absolute Gasteiger partial charge is 0.481 e. The van der Waals surface area contributed by atoms with Crippen LogP contribution in [0, 0.1) is 12.8 Å². The van der Waals surface area contributed by atoms with Gasteiger partial charge in [-0.25, -0.2) is 4.98 Å². The minimum absolute atomic E-state index is 0.0455. The van der Waals surface area contributed by atoms with E-state index in [1.165, 1.54) is 16.7 Å². The lowest BCUT2D eigenvalue weighted by atomic mass is 10.1. The van der Waals surface area contributed by atoms with Crippen LogP contribution < -0.4 is 10.1 Å². The van der Waals surface area contributed by atoms with Gasteiger partial charge in [0, 0.05) is 32.0 Å². The topological polar surface area (TPSA) is 155 Å². The summed E-state index contributed by atoms with van der Waals surface area (Å²) in [6, 6.07) is 9.89. The van der Waals surface area contributed by atoms with Gasteiger partial charge in [0.2, 0.25) is 12.3 Å². The van der Waals surface area contributed by atoms with E-state index in [0.717, 1.165) is 43.5 Å². The average molecular weight is 647 g/mol. The molecule has 12 heteroatoms. The van der Waals surface area contributed by atoms with Crippen molar-refractivity contribution in [3.05, 3.63) is 53.4 Å². The highest BCUT2D eigenvalue weighted by atomic mass is 32.1. The number of aryl methyl sites for hydroxylation is 1. The molecule has 2 amide bonds. The maximum atomic E-state index is 11.4. The summed E-state index contributed by atoms with van der Waals surface area (Å²) in [5.74, 6) is 0.322. The predicted molar refractivity (Wildman–Crippen MR) is 176 cm³/mol. The summed E-state index contributed by atoms with van der Waals surface area (Å²) >= 11 is 1.64. The third kappa shape index (κ3) is 16.2. The Balaban J connectivity index is 0.000000333. The molecule has 0 radical (unpaired) electrons. The first-order chi connectivity index (χ1) is 21.6. The van der Waals surface area contributed by atoms with Gasteiger partial charge in [0.15, 0.2) is 0 Å². The van der Waals surface area contributed by atoms with Crippen LogP contribution in [0.2, 0.25) is 0 Å². The molecule has 1 aromatic carbocycles. The molecule has 0 spiro atoms. The molecule has 0 bridgehead atoms. The van der Waals surface area contributed by atoms with E-state index in [1.807, 2.05) is 59.2 Å². The van der Waals surface area contributed by atoms with Gasteiger partial charge in [0.25, 0.3) is 5.88 Å². The summed E-state index contributed by atoms with van der Waals surface area (Å²) in [4.78, 5) is 39.1. The normalized spacial score (nSPS) is 14.1. The first-order valence-corrected chi connectivity index (χ1v) is 16.4. The molecule has 1 fully saturated rings. The number of carbonyl (C=O) groups is 3. The number of nitrogens with zero attached hydrogens (tertiary/aromatic N) is 3. The number of carbonyl (C=O) groups excluding carboxylic acids is 2. The van der Waals surface area contributed by atoms with E-state index in [9.17, 15) is 19.5 Å². The Labute approximate surface area is 271 Å². The molecule has 45 heavy (non-hydrogen) atoms. The molecule has 1 aliphatic heterocycles. The molecule has 3 heterocycles. The molecule has 0 aliphatic carbocycles. The number of aliphatic hydroxyl groups is 1. The number of likely N-dealkylation sites (tertiary alicyclic amines) is 1. The van der Waals surface area contributed by atoms with Crippen molar-refractivity contribution in [1.82, 2.24) is 20.4 Å². The van der Waals surface area contributed by atoms with Crippen molar-refractivity contribution in [3.63, 3.8) is 0 Å². The molecule has 2 unspecified atom stereocenters. The fraction of sp³-hybridized carbons (Fsp3) is 0.545. The summed E-state index contributed by atoms with van der Waals surface area (Å²) in [5, 5.41) is 23.9. The number of ether oxygens (including phenoxy) is 1. The van der Waals surface area contributed by atoms with E-state index in [-0.39, 0.29) is 24.5 Å². The van der Waals surface area contributed by atoms with Gasteiger partial charge in [0.1, 0.15) is 6.26 Å². The van der Waals surface area contributed by atoms with Gasteiger partial charge in [-0.05, 0) is 61.7 Å². The van der Waals surface area contributed by atoms with Crippen LogP contribution in [0.1, 0.15) is 90.4 Å². The van der Waals surface area contributed by atoms with Crippen LogP contribution in [0.5, 0.6) is 5.88 Å². The molecular weight excluding hydrogens is 596 g/mol. The van der Waals surface area contributed by atoms with Crippen LogP contribution in [0.15, 0.2) is 46.6 Å². The summed E-state index contributed by atoms with van der Waals surface area (Å²) in [5.41, 5.74) is 5.19. The number of benzene rings is 1. The number of hydrogen-bond donors (Lipinski definition) is 3. The zero-order valence-corrected chi connectivity index (χ0v) is 28.2. The lowest BCUT2D eigenvalue weighted by molar-refractivity contribution is -0.137. The summed E-state index contributed by atoms with van der Waals surface area (Å²) in [6.45, 7) is 13.8. The van der Waals surface area contributed by atoms with Crippen LogP contribution in [-0.2, 0) is 14.4 Å². The number of aliphatic hydroxyl groups excluding tert-OH is 1. The van der Waals surface area contributed by atoms with Crippen LogP contribution in [0.3, 0.4) is 0 Å². The van der Waals surface area contributed by atoms with E-state index < -0.39 is 5.97 Å². The SMILES string of the molecule is CC.CC(C)CC(=O)N1CCC(O)C1.Cc1ncsc1-c1ccc(C(C)NC=O)cc1.O=C(O)CCCCCOc1ccon1. The van der Waals surface area contributed by atoms with E-state index in [4.69, 9.17) is 9.84 Å². The third-order valence-corrected chi connectivity index (χ3v) is 7.51. The van der Waals surface area contributed by atoms with Gasteiger partial charge >= 0.3 is 5.97 Å². The quantitative estimate of drug-likeness (QED) is 0.144. The molecule has 3 N–H and O–H groups in total. The van der Waals surface area contributed by atoms with Gasteiger partial charge in [-0.1, -0.05) is 52.0 Å². The van der Waals surface area contributed by atoms with Gasteiger partial charge in [-0.3, -0.25) is 14.4 Å². The number of thiazole rings is 1. The van der Waals surface area contributed by atoms with Crippen molar-refractivity contribution in [1.29, 1.82) is 0 Å². The second-order valence-electron chi connectivity index (χ2n) is 10.7. The van der Waals surface area contributed by atoms with Gasteiger partial charge in [-0.2, -0.15) is 0 Å². The number of hydrogen-bond acceptors (Lipinski definition) is 9. The number of amides is 2. The number of carboxylic acids is 1. The standard InChI is InChI=1S/C13H14N2OS.C9H13NO4.C9H17NO2.C2H6/c1-9(14-7-16)11-3-5-12(6-4-11)13-10(2)15-8-17-13;11-9(12)4-2-1-3-6-13-8-5-7-14-10-8;1-7(2)5-9(12)10-4-3-8(11)6-10;1-2/h3-9H,1-2H3,(H,14,16);5,7H,1-4,6H2,(H,11,12);7-8,11H,3-6H2,1-2H3;1-2H3. The second-order valence-corrected chi connectivity index (χ2v) is 11.5. The summed E-state index contributed by atoms with van der Waals surface area (Å²) < 4.78 is 9.77. The Morgan fingerprint density at radius 3 is 2.38 bits per heavy atom. The van der Waals surface area contributed by atoms with Crippen molar-refractivity contribution in [2.45, 2.75) is 92.2 Å². The Bertz CT molecular complexity index is 1220. The fourth-order valence-corrected chi connectivity index (χ4v) is 4.97. The fourth-order valence-electron chi connectivity index (χ4n) is 4.15. The molecule has 11 nitrogen and oxygen atoms in total. The lowest BCUT2D eigenvalue weighted by Gasteiger charge is -2.16. The van der Waals surface area contributed by atoms with E-state index in [1.54, 1.807) is 22.3 Å². The molecule has 2 aromatic heterocycles. The average Bonchev–Trinajstić information content (AvgIpc) is 3.79. The molecular formula is C33H50N4O7S. The summed E-state index contributed by atoms with van der Waals surface area (Å²) in [6.07, 6.45) is 5.83. The first-order valence-electron chi connectivity index (χ1n) is 15.5. The molecule has 3 aromatic rings. The Kier molecular flexibility index (Phi) is 19.8. The van der Waals surface area contributed by atoms with Crippen LogP contribution >= 0.6 is 11.3 Å². The second kappa shape index (κ2) is 22.7. The highest BCUT2D eigenvalue weighted by Crippen LogP contribution is 2.28. The highest BCUT2D eigenvalue weighted by molar-refractivity contribution is 7.13. The third-order valence-electron chi connectivity index (χ3n) is 6.53. The molecule has 2 atom stereocenters. The van der Waals surface area contributed by atoms with Gasteiger partial charge < -0.3 is 29.7 Å². The van der Waals surface area contributed by atoms with Crippen molar-refractivity contribution in [2.75, 3.05) is 19.7 Å². The van der Waals surface area contributed by atoms with Crippen molar-refractivity contribution in [2.24, 2.45) is 5.92 Å². The number of aliphatic carboxylic acids is 1. The number of nitrogens with one attached hydrogen (secondary N) is 1. The van der Waals surface area contributed by atoms with Crippen LogP contribution in [0.4, 0.5) is 0 Å². The minimum atomic E-state index is -0.748. The lowest BCUT2D eigenvalue weighted by Crippen LogP contribution is -2.30. The van der Waals surface area contributed by atoms with Crippen molar-refractivity contribution in [3.8, 4) is 16.3 Å². The number of rotatable bonds is 13. The van der Waals surface area contributed by atoms with E-state index >= 15 is 0 Å². The molecule has 1 saturated heterocycles. The van der Waals surface area contributed by atoms with E-state index in [0.29, 0.717) is 37.8 Å². The van der Waals surface area contributed by atoms with Crippen molar-refractivity contribution < 1.29 is 33.9 Å². The Morgan fingerprint density at radius 2 is 1.87 bits per heavy atom. The Hall–Kier alpha value is -3.77. The maximum absolute atomic E-state index is 11.4. The smallest absolute Gasteiger partial charge is 0.303 e. The monoisotopic (exact) mass is 646 g/mol. The number of aromatic nitrogens is 2. The minimum Gasteiger partial charge on any atom is -0.481 e. The van der Waals surface area contributed by atoms with Crippen LogP contribution in [0.25, 0.3) is 10.4 Å². The number of carboxylic acid groups (broad SMARTS) is 1. The summed E-state index contributed by atoms with van der Waals surface area (Å²) in [7, 11) is 0. The first kappa shape index (κ1) is 39.3. The van der Waals surface area contributed by atoms with Gasteiger partial charge in [0.05, 0.1) is 34.8 Å². The Morgan fingerprint density at radius 1 is 1.16 bits per heavy atom.